The summed E-state index contributed by atoms with van der Waals surface area (Å²) in [6.07, 6.45) is 7.47. The van der Waals surface area contributed by atoms with E-state index in [2.05, 4.69) is 18.0 Å². The third-order valence-electron chi connectivity index (χ3n) is 7.98. The zero-order chi connectivity index (χ0) is 26.1. The highest BCUT2D eigenvalue weighted by Gasteiger charge is 2.56. The molecule has 2 fully saturated rings. The summed E-state index contributed by atoms with van der Waals surface area (Å²) >= 11 is 0. The van der Waals surface area contributed by atoms with Gasteiger partial charge in [-0.3, -0.25) is 19.5 Å². The summed E-state index contributed by atoms with van der Waals surface area (Å²) in [5, 5.41) is 20.4. The number of amides is 2. The minimum Gasteiger partial charge on any atom is -0.508 e. The fourth-order valence-electron chi connectivity index (χ4n) is 6.35. The van der Waals surface area contributed by atoms with Crippen molar-refractivity contribution in [3.63, 3.8) is 0 Å². The van der Waals surface area contributed by atoms with Crippen molar-refractivity contribution in [3.05, 3.63) is 71.1 Å². The Kier molecular flexibility index (Phi) is 7.31. The molecule has 2 aromatic rings. The number of pyridine rings is 1. The number of benzene rings is 1. The molecule has 1 aliphatic carbocycles. The van der Waals surface area contributed by atoms with E-state index in [-0.39, 0.29) is 35.5 Å². The van der Waals surface area contributed by atoms with Crippen LogP contribution in [0.3, 0.4) is 0 Å². The van der Waals surface area contributed by atoms with Gasteiger partial charge < -0.3 is 14.8 Å². The molecule has 5 rings (SSSR count). The molecular formula is C29H33BN2O5. The Labute approximate surface area is 218 Å². The maximum absolute atomic E-state index is 13.1. The number of phenolic OH excluding ortho intramolecular Hbond substituents is 1. The van der Waals surface area contributed by atoms with Crippen molar-refractivity contribution in [2.75, 3.05) is 7.05 Å². The molecule has 2 saturated heterocycles. The second-order valence-corrected chi connectivity index (χ2v) is 10.3. The lowest BCUT2D eigenvalue weighted by molar-refractivity contribution is -0.138. The van der Waals surface area contributed by atoms with E-state index >= 15 is 0 Å². The van der Waals surface area contributed by atoms with Gasteiger partial charge in [-0.15, -0.1) is 0 Å². The van der Waals surface area contributed by atoms with E-state index in [9.17, 15) is 19.7 Å². The molecule has 1 aromatic heterocycles. The van der Waals surface area contributed by atoms with Crippen molar-refractivity contribution in [3.8, 4) is 5.75 Å². The number of hydrogen-bond donors (Lipinski definition) is 2. The van der Waals surface area contributed by atoms with E-state index in [1.54, 1.807) is 25.4 Å². The second kappa shape index (κ2) is 10.6. The van der Waals surface area contributed by atoms with E-state index < -0.39 is 13.0 Å². The first-order valence-electron chi connectivity index (χ1n) is 13.1. The summed E-state index contributed by atoms with van der Waals surface area (Å²) in [5.74, 6) is -0.968. The number of carbonyl (C=O) groups excluding carboxylic acids is 2. The number of aromatic nitrogens is 1. The summed E-state index contributed by atoms with van der Waals surface area (Å²) in [5.41, 5.74) is 5.15. The second-order valence-electron chi connectivity index (χ2n) is 10.3. The molecule has 0 saturated carbocycles. The largest absolute Gasteiger partial charge is 0.508 e. The van der Waals surface area contributed by atoms with Gasteiger partial charge in [0.2, 0.25) is 11.8 Å². The van der Waals surface area contributed by atoms with E-state index in [4.69, 9.17) is 4.65 Å². The molecular weight excluding hydrogens is 467 g/mol. The van der Waals surface area contributed by atoms with E-state index in [1.807, 2.05) is 30.3 Å². The number of fused-ring (bicyclic) bond motifs is 3. The molecule has 8 heteroatoms. The van der Waals surface area contributed by atoms with Crippen molar-refractivity contribution in [2.24, 2.45) is 17.8 Å². The van der Waals surface area contributed by atoms with Gasteiger partial charge in [0, 0.05) is 13.2 Å². The topological polar surface area (TPSA) is 100.0 Å². The van der Waals surface area contributed by atoms with Crippen molar-refractivity contribution in [2.45, 2.75) is 51.5 Å². The van der Waals surface area contributed by atoms with Crippen molar-refractivity contribution < 1.29 is 24.4 Å². The van der Waals surface area contributed by atoms with Crippen LogP contribution >= 0.6 is 0 Å². The molecule has 37 heavy (non-hydrogen) atoms. The van der Waals surface area contributed by atoms with Gasteiger partial charge in [-0.05, 0) is 85.0 Å². The molecule has 0 spiro atoms. The van der Waals surface area contributed by atoms with Crippen LogP contribution in [0.15, 0.2) is 59.8 Å². The summed E-state index contributed by atoms with van der Waals surface area (Å²) in [4.78, 5) is 31.8. The third kappa shape index (κ3) is 5.00. The fraction of sp³-hybridized carbons (Fsp3) is 0.414. The van der Waals surface area contributed by atoms with Crippen LogP contribution in [0.5, 0.6) is 5.75 Å². The minimum atomic E-state index is -0.978. The maximum Gasteiger partial charge on any atom is 0.455 e. The number of phenols is 1. The first-order chi connectivity index (χ1) is 17.9. The molecule has 3 aliphatic rings. The monoisotopic (exact) mass is 500 g/mol. The normalized spacial score (nSPS) is 26.0. The molecule has 4 atom stereocenters. The van der Waals surface area contributed by atoms with Crippen LogP contribution in [0.1, 0.15) is 50.3 Å². The number of aromatic hydroxyl groups is 1. The zero-order valence-electron chi connectivity index (χ0n) is 21.3. The predicted molar refractivity (Wildman–Crippen MR) is 142 cm³/mol. The Bertz CT molecular complexity index is 1230. The van der Waals surface area contributed by atoms with E-state index in [0.29, 0.717) is 25.6 Å². The molecule has 2 amide bonds. The van der Waals surface area contributed by atoms with Crippen molar-refractivity contribution >= 4 is 30.6 Å². The Morgan fingerprint density at radius 3 is 2.65 bits per heavy atom. The van der Waals surface area contributed by atoms with Crippen LogP contribution in [0.2, 0.25) is 6.32 Å². The quantitative estimate of drug-likeness (QED) is 0.334. The van der Waals surface area contributed by atoms with Gasteiger partial charge >= 0.3 is 7.12 Å². The highest BCUT2D eigenvalue weighted by molar-refractivity contribution is 6.43. The van der Waals surface area contributed by atoms with E-state index in [1.165, 1.54) is 10.5 Å². The van der Waals surface area contributed by atoms with Gasteiger partial charge in [0.05, 0.1) is 23.6 Å². The Morgan fingerprint density at radius 1 is 1.16 bits per heavy atom. The summed E-state index contributed by atoms with van der Waals surface area (Å²) < 4.78 is 6.13. The van der Waals surface area contributed by atoms with Crippen LogP contribution < -0.4 is 0 Å². The molecule has 0 bridgehead atoms. The first-order valence-corrected chi connectivity index (χ1v) is 13.1. The zero-order valence-corrected chi connectivity index (χ0v) is 21.3. The molecule has 192 valence electrons. The number of hydrogen-bond acceptors (Lipinski definition) is 6. The molecule has 2 N–H and O–H groups in total. The summed E-state index contributed by atoms with van der Waals surface area (Å²) in [7, 11) is 0.594. The van der Waals surface area contributed by atoms with Crippen LogP contribution in [0, 0.1) is 17.8 Å². The fourth-order valence-corrected chi connectivity index (χ4v) is 6.35. The van der Waals surface area contributed by atoms with Gasteiger partial charge in [-0.2, -0.15) is 0 Å². The van der Waals surface area contributed by atoms with Crippen molar-refractivity contribution in [1.29, 1.82) is 0 Å². The SMILES string of the molecule is CCCC1=C2[C@@H](CC/C(=C/c3ccc(O)cc3)c3ccccn3)OB(O)C[C@@H]2[C@@H]2C(=O)N(C)C(=O)[C@@H]2C1. The highest BCUT2D eigenvalue weighted by atomic mass is 16.5. The van der Waals surface area contributed by atoms with Gasteiger partial charge in [0.15, 0.2) is 0 Å². The van der Waals surface area contributed by atoms with Gasteiger partial charge in [0.1, 0.15) is 5.75 Å². The van der Waals surface area contributed by atoms with Gasteiger partial charge in [0.25, 0.3) is 0 Å². The Hall–Kier alpha value is -3.23. The number of carbonyl (C=O) groups is 2. The molecule has 0 unspecified atom stereocenters. The number of rotatable bonds is 7. The van der Waals surface area contributed by atoms with Crippen molar-refractivity contribution in [1.82, 2.24) is 9.88 Å². The molecule has 7 nitrogen and oxygen atoms in total. The molecule has 0 radical (unpaired) electrons. The Morgan fingerprint density at radius 2 is 1.95 bits per heavy atom. The molecule has 3 heterocycles. The number of nitrogens with zero attached hydrogens (tertiary/aromatic N) is 2. The predicted octanol–water partition coefficient (Wildman–Crippen LogP) is 4.33. The van der Waals surface area contributed by atoms with Crippen LogP contribution in [-0.4, -0.2) is 52.1 Å². The van der Waals surface area contributed by atoms with Gasteiger partial charge in [-0.25, -0.2) is 0 Å². The summed E-state index contributed by atoms with van der Waals surface area (Å²) in [6, 6.07) is 12.8. The number of likely N-dealkylation sites (tertiary alicyclic amines) is 1. The molecule has 2 aliphatic heterocycles. The lowest BCUT2D eigenvalue weighted by Gasteiger charge is -2.43. The van der Waals surface area contributed by atoms with Gasteiger partial charge in [-0.1, -0.05) is 37.1 Å². The number of imide groups is 1. The maximum atomic E-state index is 13.1. The lowest BCUT2D eigenvalue weighted by Crippen LogP contribution is -2.46. The lowest BCUT2D eigenvalue weighted by atomic mass is 9.58. The average Bonchev–Trinajstić information content (AvgIpc) is 3.11. The van der Waals surface area contributed by atoms with Crippen LogP contribution in [0.25, 0.3) is 11.6 Å². The smallest absolute Gasteiger partial charge is 0.455 e. The minimum absolute atomic E-state index is 0.102. The highest BCUT2D eigenvalue weighted by Crippen LogP contribution is 2.51. The molecule has 1 aromatic carbocycles. The van der Waals surface area contributed by atoms with Crippen LogP contribution in [-0.2, 0) is 14.2 Å². The summed E-state index contributed by atoms with van der Waals surface area (Å²) in [6.45, 7) is 2.12. The Balaban J connectivity index is 1.47. The number of allylic oxidation sites excluding steroid dienone is 2. The van der Waals surface area contributed by atoms with E-state index in [0.717, 1.165) is 35.2 Å². The van der Waals surface area contributed by atoms with Crippen LogP contribution in [0.4, 0.5) is 0 Å². The standard InChI is InChI=1S/C29H33BN2O5/c1-3-6-20-16-22-27(29(35)32(2)28(22)34)23-17-30(36)37-25(26(20)23)13-10-19(24-7-4-5-14-31-24)15-18-8-11-21(33)12-9-18/h4-5,7-9,11-12,14-15,22-23,25,27,33,36H,3,6,10,13,16-17H2,1-2H3/b19-15-/t22-,23+,25-,27-/m1/s1. The average molecular weight is 500 g/mol. The first kappa shape index (κ1) is 25.4. The third-order valence-corrected chi connectivity index (χ3v) is 7.98.